The highest BCUT2D eigenvalue weighted by Gasteiger charge is 1.92. The number of anilines is 1. The summed E-state index contributed by atoms with van der Waals surface area (Å²) in [4.78, 5) is 3.87. The van der Waals surface area contributed by atoms with E-state index < -0.39 is 0 Å². The average molecular weight is 203 g/mol. The van der Waals surface area contributed by atoms with Crippen LogP contribution in [0.1, 0.15) is 27.7 Å². The Morgan fingerprint density at radius 1 is 1.23 bits per heavy atom. The standard InChI is InChI=1S/C6H7ClN2.2C2H6/c1-8-6-4-9-3-2-5(6)7;2*1-2/h2-4,8H,1H3;2*1-2H3. The van der Waals surface area contributed by atoms with Gasteiger partial charge in [0.25, 0.3) is 0 Å². The molecule has 1 rings (SSSR count). The molecule has 0 radical (unpaired) electrons. The molecule has 1 aromatic rings. The number of pyridine rings is 1. The molecule has 3 heteroatoms. The molecule has 1 N–H and O–H groups in total. The molecule has 0 unspecified atom stereocenters. The maximum absolute atomic E-state index is 5.72. The fraction of sp³-hybridized carbons (Fsp3) is 0.500. The maximum atomic E-state index is 5.72. The lowest BCUT2D eigenvalue weighted by atomic mass is 10.4. The number of hydrogen-bond donors (Lipinski definition) is 1. The first-order valence-electron chi connectivity index (χ1n) is 4.62. The Kier molecular flexibility index (Phi) is 12.8. The SMILES string of the molecule is CC.CC.CNc1cnccc1Cl. The molecule has 2 nitrogen and oxygen atoms in total. The van der Waals surface area contributed by atoms with E-state index in [0.29, 0.717) is 5.02 Å². The van der Waals surface area contributed by atoms with Crippen molar-refractivity contribution in [2.24, 2.45) is 0 Å². The normalized spacial score (nSPS) is 7.23. The summed E-state index contributed by atoms with van der Waals surface area (Å²) < 4.78 is 0. The van der Waals surface area contributed by atoms with E-state index in [9.17, 15) is 0 Å². The zero-order chi connectivity index (χ0) is 10.7. The van der Waals surface area contributed by atoms with Gasteiger partial charge in [0.15, 0.2) is 0 Å². The Morgan fingerprint density at radius 3 is 2.08 bits per heavy atom. The van der Waals surface area contributed by atoms with Crippen molar-refractivity contribution in [2.75, 3.05) is 12.4 Å². The van der Waals surface area contributed by atoms with Gasteiger partial charge in [-0.15, -0.1) is 0 Å². The summed E-state index contributed by atoms with van der Waals surface area (Å²) in [6, 6.07) is 1.74. The van der Waals surface area contributed by atoms with Crippen molar-refractivity contribution < 1.29 is 0 Å². The van der Waals surface area contributed by atoms with Gasteiger partial charge in [0.1, 0.15) is 0 Å². The predicted octanol–water partition coefficient (Wildman–Crippen LogP) is 3.83. The van der Waals surface area contributed by atoms with Gasteiger partial charge in [-0.1, -0.05) is 39.3 Å². The van der Waals surface area contributed by atoms with E-state index >= 15 is 0 Å². The second kappa shape index (κ2) is 11.2. The Morgan fingerprint density at radius 2 is 1.77 bits per heavy atom. The van der Waals surface area contributed by atoms with Crippen LogP contribution in [0.25, 0.3) is 0 Å². The molecule has 0 aliphatic carbocycles. The summed E-state index contributed by atoms with van der Waals surface area (Å²) in [7, 11) is 1.81. The fourth-order valence-electron chi connectivity index (χ4n) is 0.561. The van der Waals surface area contributed by atoms with Crippen LogP contribution < -0.4 is 5.32 Å². The molecule has 0 saturated carbocycles. The van der Waals surface area contributed by atoms with Gasteiger partial charge in [0.05, 0.1) is 16.9 Å². The van der Waals surface area contributed by atoms with Crippen molar-refractivity contribution >= 4 is 17.3 Å². The monoisotopic (exact) mass is 202 g/mol. The first-order chi connectivity index (χ1) is 6.34. The largest absolute Gasteiger partial charge is 0.386 e. The third-order valence-corrected chi connectivity index (χ3v) is 1.37. The third kappa shape index (κ3) is 6.41. The van der Waals surface area contributed by atoms with Crippen molar-refractivity contribution in [1.29, 1.82) is 0 Å². The Bertz CT molecular complexity index is 202. The van der Waals surface area contributed by atoms with Crippen molar-refractivity contribution in [3.8, 4) is 0 Å². The van der Waals surface area contributed by atoms with Crippen LogP contribution in [0.2, 0.25) is 5.02 Å². The van der Waals surface area contributed by atoms with Crippen molar-refractivity contribution in [2.45, 2.75) is 27.7 Å². The molecule has 0 bridgehead atoms. The van der Waals surface area contributed by atoms with E-state index in [1.165, 1.54) is 0 Å². The molecule has 0 fully saturated rings. The molecule has 13 heavy (non-hydrogen) atoms. The third-order valence-electron chi connectivity index (χ3n) is 1.04. The second-order valence-corrected chi connectivity index (χ2v) is 2.01. The fourth-order valence-corrected chi connectivity index (χ4v) is 0.761. The summed E-state index contributed by atoms with van der Waals surface area (Å²) in [6.07, 6.45) is 3.34. The molecule has 1 heterocycles. The number of aromatic nitrogens is 1. The highest BCUT2D eigenvalue weighted by atomic mass is 35.5. The Labute approximate surface area is 86.3 Å². The highest BCUT2D eigenvalue weighted by molar-refractivity contribution is 6.33. The lowest BCUT2D eigenvalue weighted by molar-refractivity contribution is 1.31. The Hall–Kier alpha value is -0.760. The summed E-state index contributed by atoms with van der Waals surface area (Å²) >= 11 is 5.72. The molecule has 0 aliphatic rings. The van der Waals surface area contributed by atoms with Gasteiger partial charge in [0, 0.05) is 13.2 Å². The summed E-state index contributed by atoms with van der Waals surface area (Å²) in [5, 5.41) is 3.60. The van der Waals surface area contributed by atoms with Crippen LogP contribution >= 0.6 is 11.6 Å². The lowest BCUT2D eigenvalue weighted by Crippen LogP contribution is -1.88. The van der Waals surface area contributed by atoms with E-state index in [4.69, 9.17) is 11.6 Å². The van der Waals surface area contributed by atoms with Gasteiger partial charge in [0.2, 0.25) is 0 Å². The smallest absolute Gasteiger partial charge is 0.0713 e. The molecule has 0 amide bonds. The molecule has 1 aromatic heterocycles. The minimum Gasteiger partial charge on any atom is -0.386 e. The predicted molar refractivity (Wildman–Crippen MR) is 61.5 cm³/mol. The molecule has 0 aromatic carbocycles. The van der Waals surface area contributed by atoms with Crippen LogP contribution in [0.3, 0.4) is 0 Å². The lowest BCUT2D eigenvalue weighted by Gasteiger charge is -1.98. The van der Waals surface area contributed by atoms with Gasteiger partial charge in [-0.2, -0.15) is 0 Å². The van der Waals surface area contributed by atoms with Crippen LogP contribution in [0.5, 0.6) is 0 Å². The van der Waals surface area contributed by atoms with Crippen LogP contribution in [0.15, 0.2) is 18.5 Å². The number of halogens is 1. The number of hydrogen-bond acceptors (Lipinski definition) is 2. The van der Waals surface area contributed by atoms with Crippen molar-refractivity contribution in [1.82, 2.24) is 4.98 Å². The Balaban J connectivity index is 0. The van der Waals surface area contributed by atoms with Gasteiger partial charge >= 0.3 is 0 Å². The van der Waals surface area contributed by atoms with Crippen LogP contribution in [-0.2, 0) is 0 Å². The molecular weight excluding hydrogens is 184 g/mol. The number of nitrogens with zero attached hydrogens (tertiary/aromatic N) is 1. The van der Waals surface area contributed by atoms with E-state index in [2.05, 4.69) is 10.3 Å². The van der Waals surface area contributed by atoms with Crippen molar-refractivity contribution in [3.05, 3.63) is 23.5 Å². The highest BCUT2D eigenvalue weighted by Crippen LogP contribution is 2.17. The van der Waals surface area contributed by atoms with Gasteiger partial charge < -0.3 is 5.32 Å². The number of nitrogens with one attached hydrogen (secondary N) is 1. The zero-order valence-corrected chi connectivity index (χ0v) is 9.81. The minimum absolute atomic E-state index is 0.701. The minimum atomic E-state index is 0.701. The molecule has 0 saturated heterocycles. The van der Waals surface area contributed by atoms with Crippen molar-refractivity contribution in [3.63, 3.8) is 0 Å². The first kappa shape index (κ1) is 14.7. The van der Waals surface area contributed by atoms with Gasteiger partial charge in [-0.05, 0) is 6.07 Å². The molecule has 0 spiro atoms. The van der Waals surface area contributed by atoms with Gasteiger partial charge in [-0.3, -0.25) is 4.98 Å². The topological polar surface area (TPSA) is 24.9 Å². The first-order valence-corrected chi connectivity index (χ1v) is 4.99. The van der Waals surface area contributed by atoms with E-state index in [0.717, 1.165) is 5.69 Å². The quantitative estimate of drug-likeness (QED) is 0.749. The summed E-state index contributed by atoms with van der Waals surface area (Å²) in [5.74, 6) is 0. The molecule has 0 aliphatic heterocycles. The van der Waals surface area contributed by atoms with Crippen LogP contribution in [0, 0.1) is 0 Å². The number of rotatable bonds is 1. The summed E-state index contributed by atoms with van der Waals surface area (Å²) in [5.41, 5.74) is 0.860. The molecule has 0 atom stereocenters. The maximum Gasteiger partial charge on any atom is 0.0713 e. The summed E-state index contributed by atoms with van der Waals surface area (Å²) in [6.45, 7) is 8.00. The molecular formula is C10H19ClN2. The average Bonchev–Trinajstić information content (AvgIpc) is 2.24. The second-order valence-electron chi connectivity index (χ2n) is 1.61. The van der Waals surface area contributed by atoms with E-state index in [1.807, 2.05) is 34.7 Å². The zero-order valence-electron chi connectivity index (χ0n) is 9.06. The van der Waals surface area contributed by atoms with Crippen LogP contribution in [0.4, 0.5) is 5.69 Å². The van der Waals surface area contributed by atoms with E-state index in [1.54, 1.807) is 18.5 Å². The van der Waals surface area contributed by atoms with Gasteiger partial charge in [-0.25, -0.2) is 0 Å². The van der Waals surface area contributed by atoms with E-state index in [-0.39, 0.29) is 0 Å². The molecule has 76 valence electrons. The van der Waals surface area contributed by atoms with Crippen LogP contribution in [-0.4, -0.2) is 12.0 Å².